The van der Waals surface area contributed by atoms with Gasteiger partial charge < -0.3 is 5.32 Å². The summed E-state index contributed by atoms with van der Waals surface area (Å²) in [6.45, 7) is 4.86. The average Bonchev–Trinajstić information content (AvgIpc) is 2.11. The van der Waals surface area contributed by atoms with Crippen LogP contribution in [0.15, 0.2) is 0 Å². The standard InChI is InChI=1S/C9H18BrNO/c1-3-8(5-6-10)7-11-9(12)4-2/h8H,3-7H2,1-2H3,(H,11,12). The van der Waals surface area contributed by atoms with Crippen LogP contribution in [0.2, 0.25) is 0 Å². The van der Waals surface area contributed by atoms with Crippen molar-refractivity contribution in [3.05, 3.63) is 0 Å². The zero-order valence-corrected chi connectivity index (χ0v) is 9.49. The van der Waals surface area contributed by atoms with E-state index in [1.165, 1.54) is 0 Å². The molecule has 1 atom stereocenters. The van der Waals surface area contributed by atoms with Crippen LogP contribution in [-0.4, -0.2) is 17.8 Å². The lowest BCUT2D eigenvalue weighted by atomic mass is 10.0. The van der Waals surface area contributed by atoms with Crippen molar-refractivity contribution in [2.45, 2.75) is 33.1 Å². The third-order valence-corrected chi connectivity index (χ3v) is 2.46. The predicted molar refractivity (Wildman–Crippen MR) is 55.5 cm³/mol. The van der Waals surface area contributed by atoms with Gasteiger partial charge in [0.1, 0.15) is 0 Å². The molecular weight excluding hydrogens is 218 g/mol. The normalized spacial score (nSPS) is 12.6. The molecule has 0 aliphatic rings. The van der Waals surface area contributed by atoms with Crippen molar-refractivity contribution in [1.82, 2.24) is 5.32 Å². The van der Waals surface area contributed by atoms with Crippen LogP contribution >= 0.6 is 15.9 Å². The molecule has 0 fully saturated rings. The van der Waals surface area contributed by atoms with Gasteiger partial charge in [0.15, 0.2) is 0 Å². The van der Waals surface area contributed by atoms with E-state index < -0.39 is 0 Å². The lowest BCUT2D eigenvalue weighted by Crippen LogP contribution is -2.28. The van der Waals surface area contributed by atoms with E-state index in [9.17, 15) is 4.79 Å². The SMILES string of the molecule is CCC(=O)NCC(CC)CCBr. The van der Waals surface area contributed by atoms with Crippen LogP contribution in [-0.2, 0) is 4.79 Å². The molecule has 0 saturated heterocycles. The topological polar surface area (TPSA) is 29.1 Å². The molecule has 0 aliphatic carbocycles. The molecule has 1 amide bonds. The molecule has 1 N–H and O–H groups in total. The second-order valence-corrected chi connectivity index (χ2v) is 3.70. The van der Waals surface area contributed by atoms with E-state index in [0.29, 0.717) is 12.3 Å². The first-order chi connectivity index (χ1) is 5.74. The molecule has 72 valence electrons. The summed E-state index contributed by atoms with van der Waals surface area (Å²) in [5.74, 6) is 0.780. The molecule has 0 aromatic rings. The van der Waals surface area contributed by atoms with Crippen molar-refractivity contribution < 1.29 is 4.79 Å². The zero-order valence-electron chi connectivity index (χ0n) is 7.90. The van der Waals surface area contributed by atoms with Gasteiger partial charge in [0.05, 0.1) is 0 Å². The summed E-state index contributed by atoms with van der Waals surface area (Å²) in [7, 11) is 0. The van der Waals surface area contributed by atoms with Crippen LogP contribution in [0, 0.1) is 5.92 Å². The lowest BCUT2D eigenvalue weighted by molar-refractivity contribution is -0.120. The lowest BCUT2D eigenvalue weighted by Gasteiger charge is -2.13. The molecule has 12 heavy (non-hydrogen) atoms. The fraction of sp³-hybridized carbons (Fsp3) is 0.889. The molecule has 0 saturated carbocycles. The second-order valence-electron chi connectivity index (χ2n) is 2.91. The number of hydrogen-bond donors (Lipinski definition) is 1. The van der Waals surface area contributed by atoms with Gasteiger partial charge in [-0.15, -0.1) is 0 Å². The van der Waals surface area contributed by atoms with Crippen LogP contribution in [0.5, 0.6) is 0 Å². The number of nitrogens with one attached hydrogen (secondary N) is 1. The molecule has 0 bridgehead atoms. The number of alkyl halides is 1. The van der Waals surface area contributed by atoms with Crippen molar-refractivity contribution in [3.8, 4) is 0 Å². The molecule has 2 nitrogen and oxygen atoms in total. The van der Waals surface area contributed by atoms with E-state index in [-0.39, 0.29) is 5.91 Å². The highest BCUT2D eigenvalue weighted by molar-refractivity contribution is 9.09. The monoisotopic (exact) mass is 235 g/mol. The Morgan fingerprint density at radius 3 is 2.58 bits per heavy atom. The van der Waals surface area contributed by atoms with Crippen molar-refractivity contribution >= 4 is 21.8 Å². The Morgan fingerprint density at radius 2 is 2.17 bits per heavy atom. The number of carbonyl (C=O) groups is 1. The maximum absolute atomic E-state index is 10.9. The quantitative estimate of drug-likeness (QED) is 0.704. The third-order valence-electron chi connectivity index (χ3n) is 2.00. The fourth-order valence-corrected chi connectivity index (χ4v) is 1.64. The van der Waals surface area contributed by atoms with E-state index in [1.807, 2.05) is 6.92 Å². The van der Waals surface area contributed by atoms with Gasteiger partial charge in [-0.1, -0.05) is 36.2 Å². The molecule has 3 heteroatoms. The van der Waals surface area contributed by atoms with Crippen LogP contribution in [0.3, 0.4) is 0 Å². The van der Waals surface area contributed by atoms with Crippen molar-refractivity contribution in [3.63, 3.8) is 0 Å². The Hall–Kier alpha value is -0.0500. The summed E-state index contributed by atoms with van der Waals surface area (Å²) in [6.07, 6.45) is 2.86. The van der Waals surface area contributed by atoms with E-state index in [0.717, 1.165) is 24.7 Å². The summed E-state index contributed by atoms with van der Waals surface area (Å²) in [5, 5.41) is 3.93. The van der Waals surface area contributed by atoms with Crippen LogP contribution < -0.4 is 5.32 Å². The van der Waals surface area contributed by atoms with Gasteiger partial charge in [0, 0.05) is 18.3 Å². The minimum atomic E-state index is 0.156. The number of carbonyl (C=O) groups excluding carboxylic acids is 1. The molecule has 0 aliphatic heterocycles. The number of halogens is 1. The highest BCUT2D eigenvalue weighted by Gasteiger charge is 2.06. The molecule has 0 heterocycles. The maximum Gasteiger partial charge on any atom is 0.219 e. The molecule has 0 radical (unpaired) electrons. The highest BCUT2D eigenvalue weighted by atomic mass is 79.9. The molecule has 0 aromatic carbocycles. The Morgan fingerprint density at radius 1 is 1.50 bits per heavy atom. The van der Waals surface area contributed by atoms with Crippen LogP contribution in [0.25, 0.3) is 0 Å². The Balaban J connectivity index is 3.50. The maximum atomic E-state index is 10.9. The van der Waals surface area contributed by atoms with Gasteiger partial charge in [0.2, 0.25) is 5.91 Å². The van der Waals surface area contributed by atoms with Gasteiger partial charge in [-0.3, -0.25) is 4.79 Å². The van der Waals surface area contributed by atoms with E-state index >= 15 is 0 Å². The Bertz CT molecular complexity index is 128. The van der Waals surface area contributed by atoms with Gasteiger partial charge in [-0.25, -0.2) is 0 Å². The Kier molecular flexibility index (Phi) is 7.56. The van der Waals surface area contributed by atoms with E-state index in [4.69, 9.17) is 0 Å². The minimum Gasteiger partial charge on any atom is -0.356 e. The largest absolute Gasteiger partial charge is 0.356 e. The first-order valence-corrected chi connectivity index (χ1v) is 5.69. The van der Waals surface area contributed by atoms with E-state index in [2.05, 4.69) is 28.2 Å². The zero-order chi connectivity index (χ0) is 9.40. The first-order valence-electron chi connectivity index (χ1n) is 4.57. The molecular formula is C9H18BrNO. The van der Waals surface area contributed by atoms with Gasteiger partial charge >= 0.3 is 0 Å². The number of hydrogen-bond acceptors (Lipinski definition) is 1. The van der Waals surface area contributed by atoms with Crippen molar-refractivity contribution in [1.29, 1.82) is 0 Å². The fourth-order valence-electron chi connectivity index (χ4n) is 0.988. The van der Waals surface area contributed by atoms with Crippen LogP contribution in [0.4, 0.5) is 0 Å². The highest BCUT2D eigenvalue weighted by Crippen LogP contribution is 2.08. The van der Waals surface area contributed by atoms with Crippen molar-refractivity contribution in [2.75, 3.05) is 11.9 Å². The molecule has 0 aromatic heterocycles. The molecule has 0 rings (SSSR count). The first kappa shape index (κ1) is 11.9. The smallest absolute Gasteiger partial charge is 0.219 e. The van der Waals surface area contributed by atoms with Crippen molar-refractivity contribution in [2.24, 2.45) is 5.92 Å². The van der Waals surface area contributed by atoms with Gasteiger partial charge in [0.25, 0.3) is 0 Å². The third kappa shape index (κ3) is 5.58. The Labute approximate surface area is 83.2 Å². The summed E-state index contributed by atoms with van der Waals surface area (Å²) >= 11 is 3.40. The summed E-state index contributed by atoms with van der Waals surface area (Å²) < 4.78 is 0. The van der Waals surface area contributed by atoms with Gasteiger partial charge in [-0.05, 0) is 12.3 Å². The minimum absolute atomic E-state index is 0.156. The molecule has 0 spiro atoms. The molecule has 1 unspecified atom stereocenters. The summed E-state index contributed by atoms with van der Waals surface area (Å²) in [4.78, 5) is 10.9. The van der Waals surface area contributed by atoms with E-state index in [1.54, 1.807) is 0 Å². The number of rotatable bonds is 6. The number of amides is 1. The van der Waals surface area contributed by atoms with Gasteiger partial charge in [-0.2, -0.15) is 0 Å². The predicted octanol–water partition coefficient (Wildman–Crippen LogP) is 2.32. The summed E-state index contributed by atoms with van der Waals surface area (Å²) in [5.41, 5.74) is 0. The average molecular weight is 236 g/mol. The second kappa shape index (κ2) is 7.59. The summed E-state index contributed by atoms with van der Waals surface area (Å²) in [6, 6.07) is 0. The van der Waals surface area contributed by atoms with Crippen LogP contribution in [0.1, 0.15) is 33.1 Å².